The molecule has 2 atom stereocenters. The Morgan fingerprint density at radius 2 is 2.47 bits per heavy atom. The van der Waals surface area contributed by atoms with Gasteiger partial charge in [0.25, 0.3) is 0 Å². The molecule has 0 fully saturated rings. The molecule has 0 saturated carbocycles. The van der Waals surface area contributed by atoms with Crippen molar-refractivity contribution in [1.82, 2.24) is 4.98 Å². The van der Waals surface area contributed by atoms with Crippen LogP contribution in [0.1, 0.15) is 26.7 Å². The average Bonchev–Trinajstić information content (AvgIpc) is 2.65. The van der Waals surface area contributed by atoms with Gasteiger partial charge < -0.3 is 5.32 Å². The first-order valence-corrected chi connectivity index (χ1v) is 6.42. The molecule has 0 saturated heterocycles. The Bertz CT molecular complexity index is 329. The van der Waals surface area contributed by atoms with E-state index in [1.54, 1.807) is 16.9 Å². The predicted octanol–water partition coefficient (Wildman–Crippen LogP) is 3.55. The maximum absolute atomic E-state index is 4.23. The summed E-state index contributed by atoms with van der Waals surface area (Å²) in [5.74, 6) is 1.51. The highest BCUT2D eigenvalue weighted by Crippen LogP contribution is 2.28. The lowest BCUT2D eigenvalue weighted by Crippen LogP contribution is -2.20. The van der Waals surface area contributed by atoms with E-state index in [0.29, 0.717) is 0 Å². The molecule has 1 N–H and O–H groups in total. The minimum atomic E-state index is 0.738. The fraction of sp³-hybridized carbons (Fsp3) is 0.583. The molecule has 1 aromatic rings. The van der Waals surface area contributed by atoms with Crippen LogP contribution in [-0.4, -0.2) is 11.5 Å². The van der Waals surface area contributed by atoms with Gasteiger partial charge in [0.2, 0.25) is 0 Å². The minimum Gasteiger partial charge on any atom is -0.361 e. The highest BCUT2D eigenvalue weighted by Gasteiger charge is 2.17. The van der Waals surface area contributed by atoms with Gasteiger partial charge in [-0.1, -0.05) is 18.6 Å². The van der Waals surface area contributed by atoms with E-state index in [0.717, 1.165) is 23.5 Å². The number of anilines is 1. The van der Waals surface area contributed by atoms with Crippen molar-refractivity contribution in [3.63, 3.8) is 0 Å². The summed E-state index contributed by atoms with van der Waals surface area (Å²) in [6, 6.07) is 0. The number of nitrogens with one attached hydrogen (secondary N) is 1. The molecule has 1 aliphatic carbocycles. The van der Waals surface area contributed by atoms with Gasteiger partial charge in [0.15, 0.2) is 5.13 Å². The smallest absolute Gasteiger partial charge is 0.182 e. The van der Waals surface area contributed by atoms with E-state index in [1.807, 2.05) is 11.6 Å². The highest BCUT2D eigenvalue weighted by atomic mass is 32.1. The molecule has 0 radical (unpaired) electrons. The van der Waals surface area contributed by atoms with Crippen LogP contribution < -0.4 is 5.32 Å². The summed E-state index contributed by atoms with van der Waals surface area (Å²) in [6.45, 7) is 5.61. The molecule has 2 nitrogen and oxygen atoms in total. The third-order valence-corrected chi connectivity index (χ3v) is 3.59. The number of allylic oxidation sites excluding steroid dienone is 2. The second-order valence-corrected chi connectivity index (χ2v) is 5.41. The van der Waals surface area contributed by atoms with E-state index in [9.17, 15) is 0 Å². The SMILES string of the molecule is CC1=CC(C)CC(CNc2nccs2)C1. The Kier molecular flexibility index (Phi) is 3.41. The Morgan fingerprint density at radius 1 is 1.60 bits per heavy atom. The van der Waals surface area contributed by atoms with Crippen LogP contribution in [0.4, 0.5) is 5.13 Å². The maximum atomic E-state index is 4.23. The Hall–Kier alpha value is -0.830. The van der Waals surface area contributed by atoms with Crippen LogP contribution in [0.5, 0.6) is 0 Å². The third-order valence-electron chi connectivity index (χ3n) is 2.86. The summed E-state index contributed by atoms with van der Waals surface area (Å²) >= 11 is 1.68. The van der Waals surface area contributed by atoms with Gasteiger partial charge in [-0.05, 0) is 31.6 Å². The quantitative estimate of drug-likeness (QED) is 0.791. The largest absolute Gasteiger partial charge is 0.361 e. The molecule has 1 heterocycles. The summed E-state index contributed by atoms with van der Waals surface area (Å²) in [6.07, 6.45) is 6.79. The van der Waals surface area contributed by atoms with Crippen molar-refractivity contribution < 1.29 is 0 Å². The molecule has 1 aromatic heterocycles. The molecule has 2 rings (SSSR count). The number of aromatic nitrogens is 1. The Balaban J connectivity index is 1.83. The highest BCUT2D eigenvalue weighted by molar-refractivity contribution is 7.13. The van der Waals surface area contributed by atoms with Crippen LogP contribution in [0.25, 0.3) is 0 Å². The zero-order chi connectivity index (χ0) is 10.7. The fourth-order valence-corrected chi connectivity index (χ4v) is 2.92. The maximum Gasteiger partial charge on any atom is 0.182 e. The molecule has 0 spiro atoms. The van der Waals surface area contributed by atoms with Gasteiger partial charge in [-0.3, -0.25) is 0 Å². The Morgan fingerprint density at radius 3 is 3.13 bits per heavy atom. The molecule has 3 heteroatoms. The van der Waals surface area contributed by atoms with Crippen LogP contribution in [0, 0.1) is 11.8 Å². The number of rotatable bonds is 3. The average molecular weight is 222 g/mol. The number of nitrogens with zero attached hydrogens (tertiary/aromatic N) is 1. The van der Waals surface area contributed by atoms with E-state index in [-0.39, 0.29) is 0 Å². The molecule has 82 valence electrons. The van der Waals surface area contributed by atoms with Gasteiger partial charge in [0, 0.05) is 18.1 Å². The third kappa shape index (κ3) is 3.06. The monoisotopic (exact) mass is 222 g/mol. The molecule has 15 heavy (non-hydrogen) atoms. The van der Waals surface area contributed by atoms with Crippen LogP contribution >= 0.6 is 11.3 Å². The zero-order valence-electron chi connectivity index (χ0n) is 9.36. The van der Waals surface area contributed by atoms with Gasteiger partial charge in [-0.15, -0.1) is 11.3 Å². The first-order chi connectivity index (χ1) is 7.24. The summed E-state index contributed by atoms with van der Waals surface area (Å²) in [4.78, 5) is 4.23. The molecule has 2 unspecified atom stereocenters. The van der Waals surface area contributed by atoms with Crippen LogP contribution in [-0.2, 0) is 0 Å². The Labute approximate surface area is 95.4 Å². The minimum absolute atomic E-state index is 0.738. The summed E-state index contributed by atoms with van der Waals surface area (Å²) in [5.41, 5.74) is 1.54. The summed E-state index contributed by atoms with van der Waals surface area (Å²) < 4.78 is 0. The predicted molar refractivity (Wildman–Crippen MR) is 66.2 cm³/mol. The van der Waals surface area contributed by atoms with Crippen molar-refractivity contribution in [2.45, 2.75) is 26.7 Å². The van der Waals surface area contributed by atoms with Crippen molar-refractivity contribution in [2.75, 3.05) is 11.9 Å². The topological polar surface area (TPSA) is 24.9 Å². The number of thiazole rings is 1. The van der Waals surface area contributed by atoms with Crippen LogP contribution in [0.2, 0.25) is 0 Å². The second kappa shape index (κ2) is 4.79. The number of hydrogen-bond donors (Lipinski definition) is 1. The van der Waals surface area contributed by atoms with E-state index in [4.69, 9.17) is 0 Å². The van der Waals surface area contributed by atoms with Gasteiger partial charge in [0.05, 0.1) is 0 Å². The zero-order valence-corrected chi connectivity index (χ0v) is 10.2. The molecule has 0 amide bonds. The summed E-state index contributed by atoms with van der Waals surface area (Å²) in [5, 5.41) is 6.48. The lowest BCUT2D eigenvalue weighted by Gasteiger charge is -2.25. The standard InChI is InChI=1S/C12H18N2S/c1-9-5-10(2)7-11(6-9)8-14-12-13-3-4-15-12/h3-5,9,11H,6-8H2,1-2H3,(H,13,14). The van der Waals surface area contributed by atoms with Crippen molar-refractivity contribution in [3.8, 4) is 0 Å². The molecule has 1 aliphatic rings. The van der Waals surface area contributed by atoms with E-state index >= 15 is 0 Å². The fourth-order valence-electron chi connectivity index (χ4n) is 2.38. The summed E-state index contributed by atoms with van der Waals surface area (Å²) in [7, 11) is 0. The van der Waals surface area contributed by atoms with Crippen molar-refractivity contribution >= 4 is 16.5 Å². The molecule has 0 aliphatic heterocycles. The molecule has 0 aromatic carbocycles. The van der Waals surface area contributed by atoms with Crippen molar-refractivity contribution in [1.29, 1.82) is 0 Å². The van der Waals surface area contributed by atoms with E-state index < -0.39 is 0 Å². The second-order valence-electron chi connectivity index (χ2n) is 4.51. The van der Waals surface area contributed by atoms with Gasteiger partial charge in [-0.2, -0.15) is 0 Å². The van der Waals surface area contributed by atoms with E-state index in [1.165, 1.54) is 12.8 Å². The lowest BCUT2D eigenvalue weighted by atomic mass is 9.84. The number of hydrogen-bond acceptors (Lipinski definition) is 3. The van der Waals surface area contributed by atoms with E-state index in [2.05, 4.69) is 30.2 Å². The van der Waals surface area contributed by atoms with Crippen LogP contribution in [0.15, 0.2) is 23.2 Å². The van der Waals surface area contributed by atoms with Gasteiger partial charge in [0.1, 0.15) is 0 Å². The van der Waals surface area contributed by atoms with Gasteiger partial charge >= 0.3 is 0 Å². The van der Waals surface area contributed by atoms with Crippen molar-refractivity contribution in [3.05, 3.63) is 23.2 Å². The normalized spacial score (nSPS) is 26.1. The van der Waals surface area contributed by atoms with Crippen LogP contribution in [0.3, 0.4) is 0 Å². The molecular weight excluding hydrogens is 204 g/mol. The first-order valence-electron chi connectivity index (χ1n) is 5.54. The molecular formula is C12H18N2S. The lowest BCUT2D eigenvalue weighted by molar-refractivity contribution is 0.421. The first kappa shape index (κ1) is 10.7. The van der Waals surface area contributed by atoms with Crippen molar-refractivity contribution in [2.24, 2.45) is 11.8 Å². The van der Waals surface area contributed by atoms with Gasteiger partial charge in [-0.25, -0.2) is 4.98 Å². The molecule has 0 bridgehead atoms.